The molecule has 4 rings (SSSR count). The minimum Gasteiger partial charge on any atom is -0.301 e. The van der Waals surface area contributed by atoms with Gasteiger partial charge in [-0.05, 0) is 42.8 Å². The van der Waals surface area contributed by atoms with Crippen LogP contribution in [0.1, 0.15) is 16.1 Å². The number of rotatable bonds is 6. The molecule has 0 spiro atoms. The highest BCUT2D eigenvalue weighted by Gasteiger charge is 2.13. The van der Waals surface area contributed by atoms with Crippen molar-refractivity contribution in [3.8, 4) is 0 Å². The van der Waals surface area contributed by atoms with E-state index in [1.165, 1.54) is 23.1 Å². The van der Waals surface area contributed by atoms with E-state index in [1.807, 2.05) is 37.3 Å². The highest BCUT2D eigenvalue weighted by Crippen LogP contribution is 2.32. The molecule has 148 valence electrons. The van der Waals surface area contributed by atoms with Crippen LogP contribution in [0.4, 0.5) is 5.13 Å². The minimum atomic E-state index is -0.0960. The summed E-state index contributed by atoms with van der Waals surface area (Å²) in [5.74, 6) is 0.182. The summed E-state index contributed by atoms with van der Waals surface area (Å²) < 4.78 is 1.91. The number of carbonyl (C=O) groups is 1. The molecule has 0 radical (unpaired) electrons. The number of anilines is 1. The van der Waals surface area contributed by atoms with Crippen LogP contribution in [0.5, 0.6) is 0 Å². The van der Waals surface area contributed by atoms with Gasteiger partial charge in [0, 0.05) is 21.3 Å². The average Bonchev–Trinajstić information content (AvgIpc) is 3.25. The average molecular weight is 480 g/mol. The molecule has 4 aromatic rings. The van der Waals surface area contributed by atoms with E-state index in [2.05, 4.69) is 15.3 Å². The van der Waals surface area contributed by atoms with Crippen LogP contribution in [0, 0.1) is 6.92 Å². The smallest absolute Gasteiger partial charge is 0.236 e. The highest BCUT2D eigenvalue weighted by atomic mass is 35.5. The maximum atomic E-state index is 12.3. The second kappa shape index (κ2) is 9.02. The number of nitrogens with zero attached hydrogens (tertiary/aromatic N) is 2. The Morgan fingerprint density at radius 1 is 1.14 bits per heavy atom. The van der Waals surface area contributed by atoms with Crippen LogP contribution in [-0.2, 0) is 11.2 Å². The molecule has 0 aliphatic heterocycles. The fourth-order valence-corrected chi connectivity index (χ4v) is 6.01. The molecule has 0 atom stereocenters. The third-order valence-corrected chi connectivity index (χ3v) is 7.95. The van der Waals surface area contributed by atoms with Gasteiger partial charge in [-0.3, -0.25) is 4.79 Å². The molecular weight excluding hydrogens is 465 g/mol. The van der Waals surface area contributed by atoms with E-state index in [0.29, 0.717) is 21.6 Å². The number of thiazole rings is 2. The highest BCUT2D eigenvalue weighted by molar-refractivity contribution is 8.01. The van der Waals surface area contributed by atoms with Crippen molar-refractivity contribution in [1.29, 1.82) is 0 Å². The Morgan fingerprint density at radius 3 is 2.79 bits per heavy atom. The van der Waals surface area contributed by atoms with Gasteiger partial charge in [-0.15, -0.1) is 11.3 Å². The quantitative estimate of drug-likeness (QED) is 0.313. The van der Waals surface area contributed by atoms with E-state index in [0.717, 1.165) is 30.7 Å². The number of benzene rings is 2. The molecular formula is C20H15Cl2N3OS3. The summed E-state index contributed by atoms with van der Waals surface area (Å²) in [4.78, 5) is 22.4. The predicted octanol–water partition coefficient (Wildman–Crippen LogP) is 6.69. The zero-order valence-corrected chi connectivity index (χ0v) is 19.2. The van der Waals surface area contributed by atoms with Crippen molar-refractivity contribution < 1.29 is 4.79 Å². The van der Waals surface area contributed by atoms with Gasteiger partial charge < -0.3 is 5.32 Å². The van der Waals surface area contributed by atoms with Crippen molar-refractivity contribution >= 4 is 78.9 Å². The number of para-hydroxylation sites is 1. The van der Waals surface area contributed by atoms with Crippen LogP contribution in [-0.4, -0.2) is 21.6 Å². The molecule has 0 fully saturated rings. The Labute approximate surface area is 190 Å². The summed E-state index contributed by atoms with van der Waals surface area (Å²) in [5.41, 5.74) is 2.80. The van der Waals surface area contributed by atoms with Crippen molar-refractivity contribution in [3.63, 3.8) is 0 Å². The molecule has 2 heterocycles. The van der Waals surface area contributed by atoms with Gasteiger partial charge in [0.2, 0.25) is 5.91 Å². The summed E-state index contributed by atoms with van der Waals surface area (Å²) in [6.45, 7) is 1.97. The first-order valence-electron chi connectivity index (χ1n) is 8.66. The summed E-state index contributed by atoms with van der Waals surface area (Å²) in [6.07, 6.45) is 0.668. The number of halogens is 2. The Kier molecular flexibility index (Phi) is 6.41. The lowest BCUT2D eigenvalue weighted by atomic mass is 10.1. The summed E-state index contributed by atoms with van der Waals surface area (Å²) in [6, 6.07) is 13.3. The molecule has 0 aliphatic carbocycles. The van der Waals surface area contributed by atoms with Crippen LogP contribution in [0.25, 0.3) is 10.2 Å². The van der Waals surface area contributed by atoms with Crippen LogP contribution >= 0.6 is 57.6 Å². The molecule has 0 aliphatic rings. The lowest BCUT2D eigenvalue weighted by Crippen LogP contribution is -2.13. The monoisotopic (exact) mass is 479 g/mol. The lowest BCUT2D eigenvalue weighted by molar-refractivity contribution is -0.113. The largest absolute Gasteiger partial charge is 0.301 e. The van der Waals surface area contributed by atoms with E-state index >= 15 is 0 Å². The van der Waals surface area contributed by atoms with Crippen LogP contribution in [0.15, 0.2) is 46.8 Å². The van der Waals surface area contributed by atoms with Crippen molar-refractivity contribution in [3.05, 3.63) is 68.6 Å². The number of aromatic nitrogens is 2. The number of hydrogen-bond donors (Lipinski definition) is 1. The molecule has 0 unspecified atom stereocenters. The molecule has 1 N–H and O–H groups in total. The van der Waals surface area contributed by atoms with Gasteiger partial charge in [-0.1, -0.05) is 58.4 Å². The number of amides is 1. The third kappa shape index (κ3) is 5.10. The molecule has 2 aromatic heterocycles. The van der Waals surface area contributed by atoms with Gasteiger partial charge in [0.05, 0.1) is 21.7 Å². The zero-order chi connectivity index (χ0) is 20.4. The summed E-state index contributed by atoms with van der Waals surface area (Å²) in [5, 5.41) is 4.83. The van der Waals surface area contributed by atoms with E-state index < -0.39 is 0 Å². The summed E-state index contributed by atoms with van der Waals surface area (Å²) >= 11 is 16.8. The second-order valence-corrected chi connectivity index (χ2v) is 10.4. The van der Waals surface area contributed by atoms with Gasteiger partial charge in [0.25, 0.3) is 0 Å². The maximum Gasteiger partial charge on any atom is 0.236 e. The second-order valence-electron chi connectivity index (χ2n) is 6.22. The molecule has 4 nitrogen and oxygen atoms in total. The SMILES string of the molecule is Cc1nc(SCC(=O)Nc2nc3ccccc3s2)sc1Cc1cc(Cl)ccc1Cl. The number of carbonyl (C=O) groups excluding carboxylic acids is 1. The van der Waals surface area contributed by atoms with Gasteiger partial charge in [-0.25, -0.2) is 9.97 Å². The summed E-state index contributed by atoms with van der Waals surface area (Å²) in [7, 11) is 0. The molecule has 2 aromatic carbocycles. The van der Waals surface area contributed by atoms with Gasteiger partial charge in [0.1, 0.15) is 0 Å². The lowest BCUT2D eigenvalue weighted by Gasteiger charge is -2.03. The third-order valence-electron chi connectivity index (χ3n) is 4.10. The topological polar surface area (TPSA) is 54.9 Å². The fourth-order valence-electron chi connectivity index (χ4n) is 2.69. The first-order chi connectivity index (χ1) is 14.0. The molecule has 1 amide bonds. The van der Waals surface area contributed by atoms with Gasteiger partial charge in [0.15, 0.2) is 9.47 Å². The Hall–Kier alpha value is -1.64. The number of nitrogens with one attached hydrogen (secondary N) is 1. The van der Waals surface area contributed by atoms with E-state index in [1.54, 1.807) is 23.5 Å². The van der Waals surface area contributed by atoms with Crippen molar-refractivity contribution in [2.45, 2.75) is 17.7 Å². The van der Waals surface area contributed by atoms with E-state index in [-0.39, 0.29) is 11.7 Å². The molecule has 29 heavy (non-hydrogen) atoms. The van der Waals surface area contributed by atoms with Crippen LogP contribution in [0.2, 0.25) is 10.0 Å². The molecule has 9 heteroatoms. The van der Waals surface area contributed by atoms with Crippen molar-refractivity contribution in [1.82, 2.24) is 9.97 Å². The number of aryl methyl sites for hydroxylation is 1. The molecule has 0 saturated heterocycles. The molecule has 0 saturated carbocycles. The Bertz CT molecular complexity index is 1160. The van der Waals surface area contributed by atoms with E-state index in [4.69, 9.17) is 23.2 Å². The first-order valence-corrected chi connectivity index (χ1v) is 12.0. The number of fused-ring (bicyclic) bond motifs is 1. The first kappa shape index (κ1) is 20.6. The van der Waals surface area contributed by atoms with Gasteiger partial charge >= 0.3 is 0 Å². The fraction of sp³-hybridized carbons (Fsp3) is 0.150. The molecule has 0 bridgehead atoms. The predicted molar refractivity (Wildman–Crippen MR) is 125 cm³/mol. The van der Waals surface area contributed by atoms with Gasteiger partial charge in [-0.2, -0.15) is 0 Å². The van der Waals surface area contributed by atoms with E-state index in [9.17, 15) is 4.79 Å². The van der Waals surface area contributed by atoms with Crippen molar-refractivity contribution in [2.75, 3.05) is 11.1 Å². The number of hydrogen-bond acceptors (Lipinski definition) is 6. The standard InChI is InChI=1S/C20H15Cl2N3OS3/c1-11-17(9-12-8-13(21)6-7-14(12)22)29-20(23-11)27-10-18(26)25-19-24-15-4-2-3-5-16(15)28-19/h2-8H,9-10H2,1H3,(H,24,25,26). The van der Waals surface area contributed by atoms with Crippen LogP contribution < -0.4 is 5.32 Å². The maximum absolute atomic E-state index is 12.3. The Morgan fingerprint density at radius 2 is 1.97 bits per heavy atom. The normalized spacial score (nSPS) is 11.1. The zero-order valence-electron chi connectivity index (χ0n) is 15.2. The van der Waals surface area contributed by atoms with Crippen LogP contribution in [0.3, 0.4) is 0 Å². The Balaban J connectivity index is 1.38. The van der Waals surface area contributed by atoms with Crippen molar-refractivity contribution in [2.24, 2.45) is 0 Å². The minimum absolute atomic E-state index is 0.0960. The number of thioether (sulfide) groups is 1.